The fourth-order valence-corrected chi connectivity index (χ4v) is 3.83. The van der Waals surface area contributed by atoms with Crippen molar-refractivity contribution in [1.82, 2.24) is 10.3 Å². The summed E-state index contributed by atoms with van der Waals surface area (Å²) in [6.07, 6.45) is 2.06. The van der Waals surface area contributed by atoms with Crippen molar-refractivity contribution >= 4 is 40.0 Å². The van der Waals surface area contributed by atoms with Crippen molar-refractivity contribution in [2.75, 3.05) is 11.9 Å². The summed E-state index contributed by atoms with van der Waals surface area (Å²) in [6, 6.07) is 20.8. The first kappa shape index (κ1) is 25.4. The van der Waals surface area contributed by atoms with Crippen molar-refractivity contribution in [2.45, 2.75) is 46.0 Å². The van der Waals surface area contributed by atoms with E-state index in [4.69, 9.17) is 21.4 Å². The minimum Gasteiger partial charge on any atom is -0.494 e. The summed E-state index contributed by atoms with van der Waals surface area (Å²) < 4.78 is 11.6. The molecule has 3 aromatic carbocycles. The van der Waals surface area contributed by atoms with E-state index in [1.807, 2.05) is 30.3 Å². The number of fused-ring (bicyclic) bond motifs is 1. The highest BCUT2D eigenvalue weighted by atomic mass is 32.1. The smallest absolute Gasteiger partial charge is 0.257 e. The highest BCUT2D eigenvalue weighted by Crippen LogP contribution is 2.29. The fraction of sp³-hybridized carbons (Fsp3) is 0.276. The molecule has 0 bridgehead atoms. The second kappa shape index (κ2) is 10.9. The molecule has 0 atom stereocenters. The van der Waals surface area contributed by atoms with E-state index in [9.17, 15) is 4.79 Å². The molecule has 36 heavy (non-hydrogen) atoms. The lowest BCUT2D eigenvalue weighted by Crippen LogP contribution is -2.34. The number of carbonyl (C=O) groups is 1. The van der Waals surface area contributed by atoms with Crippen LogP contribution in [0.3, 0.4) is 0 Å². The van der Waals surface area contributed by atoms with Gasteiger partial charge in [0.1, 0.15) is 11.3 Å². The van der Waals surface area contributed by atoms with Gasteiger partial charge in [0, 0.05) is 16.8 Å². The highest BCUT2D eigenvalue weighted by Gasteiger charge is 2.15. The van der Waals surface area contributed by atoms with Gasteiger partial charge in [-0.2, -0.15) is 0 Å². The van der Waals surface area contributed by atoms with Crippen LogP contribution in [0.5, 0.6) is 5.75 Å². The van der Waals surface area contributed by atoms with Gasteiger partial charge in [-0.25, -0.2) is 4.98 Å². The number of anilines is 1. The Labute approximate surface area is 217 Å². The number of amides is 1. The van der Waals surface area contributed by atoms with Crippen LogP contribution in [0, 0.1) is 0 Å². The lowest BCUT2D eigenvalue weighted by Gasteiger charge is -2.18. The van der Waals surface area contributed by atoms with Crippen molar-refractivity contribution in [3.05, 3.63) is 77.9 Å². The maximum Gasteiger partial charge on any atom is 0.257 e. The predicted octanol–water partition coefficient (Wildman–Crippen LogP) is 7.10. The van der Waals surface area contributed by atoms with Gasteiger partial charge in [0.2, 0.25) is 5.89 Å². The summed E-state index contributed by atoms with van der Waals surface area (Å²) in [6.45, 7) is 9.33. The predicted molar refractivity (Wildman–Crippen MR) is 149 cm³/mol. The Hall–Kier alpha value is -3.71. The van der Waals surface area contributed by atoms with Crippen LogP contribution in [0.4, 0.5) is 5.69 Å². The van der Waals surface area contributed by atoms with Crippen LogP contribution >= 0.6 is 12.2 Å². The zero-order valence-electron chi connectivity index (χ0n) is 21.1. The van der Waals surface area contributed by atoms with Crippen LogP contribution in [0.2, 0.25) is 0 Å². The molecular formula is C29H31N3O3S. The van der Waals surface area contributed by atoms with Gasteiger partial charge in [0.15, 0.2) is 10.7 Å². The molecular weight excluding hydrogens is 470 g/mol. The largest absolute Gasteiger partial charge is 0.494 e. The average Bonchev–Trinajstić information content (AvgIpc) is 3.27. The molecule has 1 amide bonds. The van der Waals surface area contributed by atoms with Crippen molar-refractivity contribution in [3.8, 4) is 17.2 Å². The summed E-state index contributed by atoms with van der Waals surface area (Å²) >= 11 is 5.34. The SMILES string of the molecule is CCCCOc1ccc(C(=O)NC(=S)Nc2ccc3oc(-c4ccc(C(C)(C)C)cc4)nc3c2)cc1. The van der Waals surface area contributed by atoms with Crippen LogP contribution in [0.15, 0.2) is 71.1 Å². The zero-order valence-corrected chi connectivity index (χ0v) is 21.9. The lowest BCUT2D eigenvalue weighted by molar-refractivity contribution is 0.0977. The number of thiocarbonyl (C=S) groups is 1. The summed E-state index contributed by atoms with van der Waals surface area (Å²) in [5.74, 6) is 1.00. The number of benzene rings is 3. The number of aromatic nitrogens is 1. The first-order valence-corrected chi connectivity index (χ1v) is 12.5. The van der Waals surface area contributed by atoms with Crippen LogP contribution < -0.4 is 15.4 Å². The average molecular weight is 502 g/mol. The van der Waals surface area contributed by atoms with Crippen LogP contribution in [0.1, 0.15) is 56.5 Å². The number of nitrogens with zero attached hydrogens (tertiary/aromatic N) is 1. The van der Waals surface area contributed by atoms with E-state index >= 15 is 0 Å². The number of nitrogens with one attached hydrogen (secondary N) is 2. The number of carbonyl (C=O) groups excluding carboxylic acids is 1. The molecule has 1 heterocycles. The second-order valence-corrected chi connectivity index (χ2v) is 10.1. The molecule has 0 aliphatic carbocycles. The summed E-state index contributed by atoms with van der Waals surface area (Å²) in [7, 11) is 0. The maximum atomic E-state index is 12.6. The Morgan fingerprint density at radius 2 is 1.75 bits per heavy atom. The third-order valence-corrected chi connectivity index (χ3v) is 5.96. The summed E-state index contributed by atoms with van der Waals surface area (Å²) in [4.78, 5) is 17.2. The van der Waals surface area contributed by atoms with Gasteiger partial charge >= 0.3 is 0 Å². The molecule has 0 fully saturated rings. The van der Waals surface area contributed by atoms with Crippen LogP contribution in [-0.4, -0.2) is 22.6 Å². The molecule has 4 rings (SSSR count). The standard InChI is InChI=1S/C29H31N3O3S/c1-5-6-17-34-23-14-9-19(10-15-23)26(33)32-28(36)30-22-13-16-25-24(18-22)31-27(35-25)20-7-11-21(12-8-20)29(2,3)4/h7-16,18H,5-6,17H2,1-4H3,(H2,30,32,33,36). The number of rotatable bonds is 7. The first-order chi connectivity index (χ1) is 17.2. The molecule has 0 aliphatic heterocycles. The Kier molecular flexibility index (Phi) is 7.70. The van der Waals surface area contributed by atoms with E-state index < -0.39 is 0 Å². The summed E-state index contributed by atoms with van der Waals surface area (Å²) in [5.41, 5.74) is 4.82. The Balaban J connectivity index is 1.39. The van der Waals surface area contributed by atoms with Crippen molar-refractivity contribution in [3.63, 3.8) is 0 Å². The molecule has 0 radical (unpaired) electrons. The number of hydrogen-bond acceptors (Lipinski definition) is 5. The van der Waals surface area contributed by atoms with Gasteiger partial charge < -0.3 is 14.5 Å². The van der Waals surface area contributed by atoms with Gasteiger partial charge in [-0.05, 0) is 84.2 Å². The highest BCUT2D eigenvalue weighted by molar-refractivity contribution is 7.80. The Morgan fingerprint density at radius 1 is 1.03 bits per heavy atom. The Morgan fingerprint density at radius 3 is 2.42 bits per heavy atom. The van der Waals surface area contributed by atoms with Gasteiger partial charge in [-0.3, -0.25) is 10.1 Å². The van der Waals surface area contributed by atoms with E-state index in [2.05, 4.69) is 55.4 Å². The number of oxazole rings is 1. The normalized spacial score (nSPS) is 11.3. The molecule has 186 valence electrons. The van der Waals surface area contributed by atoms with Crippen LogP contribution in [0.25, 0.3) is 22.6 Å². The molecule has 6 nitrogen and oxygen atoms in total. The fourth-order valence-electron chi connectivity index (χ4n) is 3.62. The van der Waals surface area contributed by atoms with Crippen molar-refractivity contribution < 1.29 is 13.9 Å². The molecule has 0 spiro atoms. The van der Waals surface area contributed by atoms with E-state index in [1.165, 1.54) is 5.56 Å². The molecule has 4 aromatic rings. The van der Waals surface area contributed by atoms with E-state index in [0.29, 0.717) is 34.8 Å². The molecule has 2 N–H and O–H groups in total. The third kappa shape index (κ3) is 6.29. The lowest BCUT2D eigenvalue weighted by atomic mass is 9.87. The maximum absolute atomic E-state index is 12.6. The second-order valence-electron chi connectivity index (χ2n) is 9.66. The van der Waals surface area contributed by atoms with Gasteiger partial charge in [0.25, 0.3) is 5.91 Å². The van der Waals surface area contributed by atoms with Gasteiger partial charge in [-0.1, -0.05) is 46.2 Å². The summed E-state index contributed by atoms with van der Waals surface area (Å²) in [5, 5.41) is 5.95. The number of unbranched alkanes of at least 4 members (excludes halogenated alkanes) is 1. The number of ether oxygens (including phenoxy) is 1. The van der Waals surface area contributed by atoms with E-state index in [1.54, 1.807) is 24.3 Å². The molecule has 7 heteroatoms. The minimum absolute atomic E-state index is 0.0837. The van der Waals surface area contributed by atoms with Gasteiger partial charge in [0.05, 0.1) is 6.61 Å². The van der Waals surface area contributed by atoms with E-state index in [0.717, 1.165) is 24.2 Å². The molecule has 1 aromatic heterocycles. The number of hydrogen-bond donors (Lipinski definition) is 2. The molecule has 0 aliphatic rings. The van der Waals surface area contributed by atoms with E-state index in [-0.39, 0.29) is 16.4 Å². The van der Waals surface area contributed by atoms with Crippen LogP contribution in [-0.2, 0) is 5.41 Å². The topological polar surface area (TPSA) is 76.4 Å². The zero-order chi connectivity index (χ0) is 25.7. The van der Waals surface area contributed by atoms with Crippen molar-refractivity contribution in [1.29, 1.82) is 0 Å². The monoisotopic (exact) mass is 501 g/mol. The molecule has 0 saturated heterocycles. The van der Waals surface area contributed by atoms with Gasteiger partial charge in [-0.15, -0.1) is 0 Å². The van der Waals surface area contributed by atoms with Crippen molar-refractivity contribution in [2.24, 2.45) is 0 Å². The first-order valence-electron chi connectivity index (χ1n) is 12.1. The molecule has 0 saturated carbocycles. The third-order valence-electron chi connectivity index (χ3n) is 5.75. The Bertz CT molecular complexity index is 1350. The molecule has 0 unspecified atom stereocenters. The quantitative estimate of drug-likeness (QED) is 0.208. The minimum atomic E-state index is -0.295.